The van der Waals surface area contributed by atoms with Crippen LogP contribution in [0.2, 0.25) is 0 Å². The maximum atomic E-state index is 13.4. The molecule has 0 saturated carbocycles. The fourth-order valence-corrected chi connectivity index (χ4v) is 5.11. The van der Waals surface area contributed by atoms with Crippen molar-refractivity contribution in [1.29, 1.82) is 0 Å². The number of aryl methyl sites for hydroxylation is 1. The van der Waals surface area contributed by atoms with Gasteiger partial charge in [0.25, 0.3) is 0 Å². The third-order valence-corrected chi connectivity index (χ3v) is 6.60. The molecule has 1 aliphatic heterocycles. The van der Waals surface area contributed by atoms with Crippen molar-refractivity contribution < 1.29 is 22.7 Å². The smallest absolute Gasteiger partial charge is 0.333 e. The topological polar surface area (TPSA) is 74.7 Å². The predicted molar refractivity (Wildman–Crippen MR) is 99.1 cm³/mol. The Morgan fingerprint density at radius 1 is 1.11 bits per heavy atom. The van der Waals surface area contributed by atoms with E-state index in [-0.39, 0.29) is 10.5 Å². The second-order valence-electron chi connectivity index (χ2n) is 6.50. The zero-order chi connectivity index (χ0) is 19.8. The van der Waals surface area contributed by atoms with E-state index in [1.807, 2.05) is 6.92 Å². The van der Waals surface area contributed by atoms with Crippen molar-refractivity contribution >= 4 is 16.0 Å². The van der Waals surface area contributed by atoms with Gasteiger partial charge in [-0.3, -0.25) is 0 Å². The SMILES string of the molecule is CC[C@@H]1C=C(C(=O)O)C(c2ccc(F)cc2)N1S(=O)(=O)c1ccc(C)cc1. The fraction of sp³-hybridized carbons (Fsp3) is 0.250. The summed E-state index contributed by atoms with van der Waals surface area (Å²) in [7, 11) is -3.97. The van der Waals surface area contributed by atoms with Gasteiger partial charge in [0.15, 0.2) is 0 Å². The van der Waals surface area contributed by atoms with Gasteiger partial charge in [0, 0.05) is 6.04 Å². The van der Waals surface area contributed by atoms with Crippen LogP contribution in [0.25, 0.3) is 0 Å². The summed E-state index contributed by atoms with van der Waals surface area (Å²) in [5.41, 5.74) is 1.31. The summed E-state index contributed by atoms with van der Waals surface area (Å²) in [6, 6.07) is 10.0. The quantitative estimate of drug-likeness (QED) is 0.847. The molecular formula is C20H20FNO4S. The molecule has 2 atom stereocenters. The van der Waals surface area contributed by atoms with Gasteiger partial charge >= 0.3 is 5.97 Å². The molecule has 0 fully saturated rings. The van der Waals surface area contributed by atoms with E-state index in [9.17, 15) is 22.7 Å². The Morgan fingerprint density at radius 3 is 2.22 bits per heavy atom. The summed E-state index contributed by atoms with van der Waals surface area (Å²) < 4.78 is 41.3. The maximum Gasteiger partial charge on any atom is 0.333 e. The number of hydrogen-bond acceptors (Lipinski definition) is 3. The van der Waals surface area contributed by atoms with Crippen molar-refractivity contribution in [3.63, 3.8) is 0 Å². The lowest BCUT2D eigenvalue weighted by atomic mass is 10.0. The summed E-state index contributed by atoms with van der Waals surface area (Å²) in [4.78, 5) is 11.9. The Labute approximate surface area is 157 Å². The standard InChI is InChI=1S/C20H20FNO4S/c1-3-16-12-18(20(23)24)19(14-6-8-15(21)9-7-14)22(16)27(25,26)17-10-4-13(2)5-11-17/h4-12,16,19H,3H2,1-2H3,(H,23,24)/t16-,19?/m1/s1. The first-order valence-electron chi connectivity index (χ1n) is 8.56. The molecule has 0 amide bonds. The molecule has 0 aromatic heterocycles. The first-order chi connectivity index (χ1) is 12.8. The minimum Gasteiger partial charge on any atom is -0.478 e. The van der Waals surface area contributed by atoms with Crippen molar-refractivity contribution in [1.82, 2.24) is 4.31 Å². The van der Waals surface area contributed by atoms with E-state index < -0.39 is 33.9 Å². The lowest BCUT2D eigenvalue weighted by Gasteiger charge is -2.30. The molecular weight excluding hydrogens is 369 g/mol. The summed E-state index contributed by atoms with van der Waals surface area (Å²) in [5, 5.41) is 9.64. The molecule has 1 N–H and O–H groups in total. The van der Waals surface area contributed by atoms with Crippen molar-refractivity contribution in [2.45, 2.75) is 37.2 Å². The summed E-state index contributed by atoms with van der Waals surface area (Å²) >= 11 is 0. The molecule has 2 aromatic rings. The molecule has 0 aliphatic carbocycles. The van der Waals surface area contributed by atoms with Crippen molar-refractivity contribution in [3.8, 4) is 0 Å². The first kappa shape index (κ1) is 19.3. The molecule has 0 bridgehead atoms. The van der Waals surface area contributed by atoms with Gasteiger partial charge in [0.2, 0.25) is 10.0 Å². The van der Waals surface area contributed by atoms with Crippen LogP contribution in [0.5, 0.6) is 0 Å². The lowest BCUT2D eigenvalue weighted by Crippen LogP contribution is -2.38. The molecule has 5 nitrogen and oxygen atoms in total. The van der Waals surface area contributed by atoms with E-state index >= 15 is 0 Å². The van der Waals surface area contributed by atoms with E-state index in [1.54, 1.807) is 19.1 Å². The second kappa shape index (κ2) is 7.25. The van der Waals surface area contributed by atoms with E-state index in [1.165, 1.54) is 46.8 Å². The molecule has 2 aromatic carbocycles. The van der Waals surface area contributed by atoms with Crippen molar-refractivity contribution in [3.05, 3.63) is 77.1 Å². The van der Waals surface area contributed by atoms with Crippen molar-refractivity contribution in [2.75, 3.05) is 0 Å². The highest BCUT2D eigenvalue weighted by Crippen LogP contribution is 2.41. The third kappa shape index (κ3) is 3.52. The zero-order valence-corrected chi connectivity index (χ0v) is 15.8. The predicted octanol–water partition coefficient (Wildman–Crippen LogP) is 3.67. The lowest BCUT2D eigenvalue weighted by molar-refractivity contribution is -0.133. The number of aliphatic carboxylic acids is 1. The van der Waals surface area contributed by atoms with Crippen LogP contribution in [0.1, 0.15) is 30.5 Å². The molecule has 1 unspecified atom stereocenters. The van der Waals surface area contributed by atoms with Gasteiger partial charge in [0.1, 0.15) is 5.82 Å². The molecule has 0 spiro atoms. The van der Waals surface area contributed by atoms with E-state index in [2.05, 4.69) is 0 Å². The normalized spacial score (nSPS) is 20.5. The average Bonchev–Trinajstić information content (AvgIpc) is 3.03. The minimum atomic E-state index is -3.97. The average molecular weight is 389 g/mol. The number of halogens is 1. The number of carboxylic acid groups (broad SMARTS) is 1. The molecule has 0 radical (unpaired) electrons. The Morgan fingerprint density at radius 2 is 1.70 bits per heavy atom. The van der Waals surface area contributed by atoms with Gasteiger partial charge in [-0.25, -0.2) is 17.6 Å². The number of benzene rings is 2. The Hall–Kier alpha value is -2.51. The molecule has 142 valence electrons. The maximum absolute atomic E-state index is 13.4. The van der Waals surface area contributed by atoms with E-state index in [0.717, 1.165) is 5.56 Å². The van der Waals surface area contributed by atoms with E-state index in [0.29, 0.717) is 12.0 Å². The summed E-state index contributed by atoms with van der Waals surface area (Å²) in [6.45, 7) is 3.65. The number of rotatable bonds is 5. The van der Waals surface area contributed by atoms with Gasteiger partial charge in [-0.15, -0.1) is 0 Å². The molecule has 7 heteroatoms. The number of carboxylic acids is 1. The minimum absolute atomic E-state index is 0.0239. The second-order valence-corrected chi connectivity index (χ2v) is 8.35. The number of sulfonamides is 1. The largest absolute Gasteiger partial charge is 0.478 e. The Balaban J connectivity index is 2.16. The van der Waals surface area contributed by atoms with Crippen LogP contribution < -0.4 is 0 Å². The van der Waals surface area contributed by atoms with E-state index in [4.69, 9.17) is 0 Å². The molecule has 1 aliphatic rings. The summed E-state index contributed by atoms with van der Waals surface area (Å²) in [6.07, 6.45) is 1.89. The van der Waals surface area contributed by atoms with Crippen LogP contribution in [0.15, 0.2) is 65.1 Å². The molecule has 0 saturated heterocycles. The van der Waals surface area contributed by atoms with Gasteiger partial charge < -0.3 is 5.11 Å². The van der Waals surface area contributed by atoms with Gasteiger partial charge in [-0.1, -0.05) is 42.8 Å². The highest BCUT2D eigenvalue weighted by molar-refractivity contribution is 7.89. The first-order valence-corrected chi connectivity index (χ1v) is 10.0. The van der Waals surface area contributed by atoms with Crippen molar-refractivity contribution in [2.24, 2.45) is 0 Å². The number of nitrogens with zero attached hydrogens (tertiary/aromatic N) is 1. The highest BCUT2D eigenvalue weighted by atomic mass is 32.2. The molecule has 27 heavy (non-hydrogen) atoms. The Kier molecular flexibility index (Phi) is 5.17. The van der Waals surface area contributed by atoms with Gasteiger partial charge in [-0.05, 0) is 43.2 Å². The highest BCUT2D eigenvalue weighted by Gasteiger charge is 2.45. The summed E-state index contributed by atoms with van der Waals surface area (Å²) in [5.74, 6) is -1.66. The van der Waals surface area contributed by atoms with Crippen LogP contribution in [0.4, 0.5) is 4.39 Å². The van der Waals surface area contributed by atoms with Crippen LogP contribution in [-0.2, 0) is 14.8 Å². The van der Waals surface area contributed by atoms with Crippen LogP contribution in [-0.4, -0.2) is 29.8 Å². The van der Waals surface area contributed by atoms with Crippen LogP contribution >= 0.6 is 0 Å². The number of hydrogen-bond donors (Lipinski definition) is 1. The van der Waals surface area contributed by atoms with Crippen LogP contribution in [0.3, 0.4) is 0 Å². The van der Waals surface area contributed by atoms with Crippen LogP contribution in [0, 0.1) is 12.7 Å². The third-order valence-electron chi connectivity index (χ3n) is 4.70. The molecule has 1 heterocycles. The number of carbonyl (C=O) groups is 1. The monoisotopic (exact) mass is 389 g/mol. The molecule has 3 rings (SSSR count). The van der Waals surface area contributed by atoms with Gasteiger partial charge in [-0.2, -0.15) is 4.31 Å². The Bertz CT molecular complexity index is 982. The van der Waals surface area contributed by atoms with Gasteiger partial charge in [0.05, 0.1) is 16.5 Å². The fourth-order valence-electron chi connectivity index (χ4n) is 3.31. The zero-order valence-electron chi connectivity index (χ0n) is 15.0.